The molecule has 0 unspecified atom stereocenters. The number of carbonyl (C=O) groups excluding carboxylic acids is 2. The van der Waals surface area contributed by atoms with Gasteiger partial charge in [0.05, 0.1) is 0 Å². The van der Waals surface area contributed by atoms with Crippen LogP contribution in [0.15, 0.2) is 0 Å². The van der Waals surface area contributed by atoms with Gasteiger partial charge in [0.1, 0.15) is 0 Å². The summed E-state index contributed by atoms with van der Waals surface area (Å²) >= 11 is 0. The van der Waals surface area contributed by atoms with Gasteiger partial charge in [-0.15, -0.1) is 0 Å². The molecule has 2 saturated carbocycles. The maximum Gasteiger partial charge on any atom is 0.241 e. The van der Waals surface area contributed by atoms with Crippen molar-refractivity contribution < 1.29 is 18.0 Å². The average Bonchev–Trinajstić information content (AvgIpc) is 2.90. The lowest BCUT2D eigenvalue weighted by Gasteiger charge is -2.21. The quantitative estimate of drug-likeness (QED) is 0.813. The second-order valence-electron chi connectivity index (χ2n) is 6.98. The second kappa shape index (κ2) is 5.51. The fourth-order valence-corrected chi connectivity index (χ4v) is 4.97. The highest BCUT2D eigenvalue weighted by Gasteiger charge is 2.59. The van der Waals surface area contributed by atoms with Gasteiger partial charge in [0.15, 0.2) is 14.6 Å². The standard InChI is InChI=1S/C15H24N2O4S/c1-22(20,21)15(6-7-15)14(19)16-12-5-4-11(10-12)13(18)17-8-2-3-9-17/h11-12H,2-10H2,1H3,(H,16,19)/t11-,12+/m1/s1. The van der Waals surface area contributed by atoms with Gasteiger partial charge in [0.25, 0.3) is 0 Å². The normalized spacial score (nSPS) is 30.3. The van der Waals surface area contributed by atoms with E-state index in [0.29, 0.717) is 19.3 Å². The molecule has 2 atom stereocenters. The number of rotatable bonds is 4. The highest BCUT2D eigenvalue weighted by atomic mass is 32.2. The molecule has 0 aromatic rings. The van der Waals surface area contributed by atoms with Crippen molar-refractivity contribution in [2.75, 3.05) is 19.3 Å². The van der Waals surface area contributed by atoms with Crippen LogP contribution in [0.25, 0.3) is 0 Å². The van der Waals surface area contributed by atoms with Crippen LogP contribution in [0.3, 0.4) is 0 Å². The predicted octanol–water partition coefficient (Wildman–Crippen LogP) is 0.471. The van der Waals surface area contributed by atoms with E-state index in [9.17, 15) is 18.0 Å². The first-order valence-electron chi connectivity index (χ1n) is 8.13. The Morgan fingerprint density at radius 2 is 1.77 bits per heavy atom. The molecule has 6 nitrogen and oxygen atoms in total. The second-order valence-corrected chi connectivity index (χ2v) is 9.31. The third kappa shape index (κ3) is 2.75. The van der Waals surface area contributed by atoms with Gasteiger partial charge in [-0.25, -0.2) is 8.42 Å². The molecule has 3 rings (SSSR count). The first-order chi connectivity index (χ1) is 10.3. The molecule has 0 aromatic carbocycles. The van der Waals surface area contributed by atoms with Crippen LogP contribution in [-0.2, 0) is 19.4 Å². The van der Waals surface area contributed by atoms with Crippen LogP contribution in [0.4, 0.5) is 0 Å². The van der Waals surface area contributed by atoms with E-state index >= 15 is 0 Å². The number of likely N-dealkylation sites (tertiary alicyclic amines) is 1. The van der Waals surface area contributed by atoms with E-state index in [4.69, 9.17) is 0 Å². The van der Waals surface area contributed by atoms with Crippen molar-refractivity contribution in [2.45, 2.75) is 55.7 Å². The molecule has 3 aliphatic rings. The lowest BCUT2D eigenvalue weighted by atomic mass is 10.1. The molecule has 0 spiro atoms. The molecule has 7 heteroatoms. The van der Waals surface area contributed by atoms with E-state index in [0.717, 1.165) is 45.0 Å². The molecule has 3 fully saturated rings. The molecular weight excluding hydrogens is 304 g/mol. The summed E-state index contributed by atoms with van der Waals surface area (Å²) in [6.45, 7) is 1.70. The first-order valence-corrected chi connectivity index (χ1v) is 10.0. The summed E-state index contributed by atoms with van der Waals surface area (Å²) in [5.74, 6) is -0.176. The summed E-state index contributed by atoms with van der Waals surface area (Å²) < 4.78 is 22.3. The zero-order chi connectivity index (χ0) is 16.0. The smallest absolute Gasteiger partial charge is 0.241 e. The molecule has 1 heterocycles. The van der Waals surface area contributed by atoms with Gasteiger partial charge in [0.2, 0.25) is 11.8 Å². The van der Waals surface area contributed by atoms with E-state index in [-0.39, 0.29) is 23.8 Å². The molecule has 0 radical (unpaired) electrons. The molecule has 0 aromatic heterocycles. The van der Waals surface area contributed by atoms with Crippen molar-refractivity contribution >= 4 is 21.7 Å². The number of carbonyl (C=O) groups is 2. The fourth-order valence-electron chi connectivity index (χ4n) is 3.73. The minimum absolute atomic E-state index is 0.0169. The van der Waals surface area contributed by atoms with Crippen molar-refractivity contribution in [1.82, 2.24) is 10.2 Å². The molecular formula is C15H24N2O4S. The van der Waals surface area contributed by atoms with Gasteiger partial charge in [-0.1, -0.05) is 0 Å². The Labute approximate surface area is 131 Å². The zero-order valence-electron chi connectivity index (χ0n) is 13.0. The van der Waals surface area contributed by atoms with Crippen LogP contribution in [0, 0.1) is 5.92 Å². The summed E-state index contributed by atoms with van der Waals surface area (Å²) in [5, 5.41) is 2.87. The van der Waals surface area contributed by atoms with Crippen molar-refractivity contribution in [3.05, 3.63) is 0 Å². The molecule has 1 N–H and O–H groups in total. The monoisotopic (exact) mass is 328 g/mol. The van der Waals surface area contributed by atoms with Gasteiger partial charge >= 0.3 is 0 Å². The third-order valence-corrected chi connectivity index (χ3v) is 7.38. The molecule has 1 saturated heterocycles. The van der Waals surface area contributed by atoms with Crippen molar-refractivity contribution in [3.8, 4) is 0 Å². The van der Waals surface area contributed by atoms with Gasteiger partial charge in [0, 0.05) is 31.3 Å². The van der Waals surface area contributed by atoms with Crippen molar-refractivity contribution in [1.29, 1.82) is 0 Å². The van der Waals surface area contributed by atoms with Gasteiger partial charge in [-0.3, -0.25) is 9.59 Å². The van der Waals surface area contributed by atoms with E-state index in [1.807, 2.05) is 4.90 Å². The van der Waals surface area contributed by atoms with Crippen molar-refractivity contribution in [2.24, 2.45) is 5.92 Å². The Balaban J connectivity index is 1.55. The Kier molecular flexibility index (Phi) is 3.95. The lowest BCUT2D eigenvalue weighted by molar-refractivity contribution is -0.134. The van der Waals surface area contributed by atoms with Crippen LogP contribution in [0.1, 0.15) is 44.9 Å². The summed E-state index contributed by atoms with van der Waals surface area (Å²) in [6, 6.07) is -0.0664. The predicted molar refractivity (Wildman–Crippen MR) is 81.9 cm³/mol. The highest BCUT2D eigenvalue weighted by Crippen LogP contribution is 2.43. The summed E-state index contributed by atoms with van der Waals surface area (Å²) in [5.41, 5.74) is 0. The van der Waals surface area contributed by atoms with E-state index in [2.05, 4.69) is 5.32 Å². The topological polar surface area (TPSA) is 83.5 Å². The number of nitrogens with zero attached hydrogens (tertiary/aromatic N) is 1. The summed E-state index contributed by atoms with van der Waals surface area (Å²) in [4.78, 5) is 26.6. The maximum absolute atomic E-state index is 12.4. The Bertz CT molecular complexity index is 576. The van der Waals surface area contributed by atoms with Gasteiger partial charge in [-0.05, 0) is 44.9 Å². The van der Waals surface area contributed by atoms with Crippen LogP contribution in [0.5, 0.6) is 0 Å². The lowest BCUT2D eigenvalue weighted by Crippen LogP contribution is -2.45. The van der Waals surface area contributed by atoms with E-state index in [1.54, 1.807) is 0 Å². The molecule has 2 aliphatic carbocycles. The molecule has 0 bridgehead atoms. The summed E-state index contributed by atoms with van der Waals surface area (Å²) in [6.07, 6.45) is 6.31. The Morgan fingerprint density at radius 1 is 1.14 bits per heavy atom. The van der Waals surface area contributed by atoms with Gasteiger partial charge in [-0.2, -0.15) is 0 Å². The number of hydrogen-bond donors (Lipinski definition) is 1. The van der Waals surface area contributed by atoms with Crippen LogP contribution >= 0.6 is 0 Å². The highest BCUT2D eigenvalue weighted by molar-refractivity contribution is 7.93. The Hall–Kier alpha value is -1.11. The largest absolute Gasteiger partial charge is 0.352 e. The number of hydrogen-bond acceptors (Lipinski definition) is 4. The minimum atomic E-state index is -3.36. The van der Waals surface area contributed by atoms with Crippen molar-refractivity contribution in [3.63, 3.8) is 0 Å². The van der Waals surface area contributed by atoms with Gasteiger partial charge < -0.3 is 10.2 Å². The zero-order valence-corrected chi connectivity index (χ0v) is 13.8. The number of sulfone groups is 1. The molecule has 2 amide bonds. The number of amides is 2. The minimum Gasteiger partial charge on any atom is -0.352 e. The maximum atomic E-state index is 12.4. The van der Waals surface area contributed by atoms with E-state index in [1.165, 1.54) is 0 Å². The van der Waals surface area contributed by atoms with Crippen LogP contribution in [0.2, 0.25) is 0 Å². The Morgan fingerprint density at radius 3 is 2.32 bits per heavy atom. The molecule has 124 valence electrons. The molecule has 22 heavy (non-hydrogen) atoms. The SMILES string of the molecule is CS(=O)(=O)C1(C(=O)N[C@H]2CC[C@@H](C(=O)N3CCCC3)C2)CC1. The van der Waals surface area contributed by atoms with Crippen LogP contribution in [-0.4, -0.2) is 55.3 Å². The third-order valence-electron chi connectivity index (χ3n) is 5.36. The summed E-state index contributed by atoms with van der Waals surface area (Å²) in [7, 11) is -3.36. The number of nitrogens with one attached hydrogen (secondary N) is 1. The average molecular weight is 328 g/mol. The van der Waals surface area contributed by atoms with Crippen LogP contribution < -0.4 is 5.32 Å². The first kappa shape index (κ1) is 15.8. The molecule has 1 aliphatic heterocycles. The fraction of sp³-hybridized carbons (Fsp3) is 0.867. The van der Waals surface area contributed by atoms with E-state index < -0.39 is 14.6 Å².